The molecule has 0 saturated carbocycles. The van der Waals surface area contributed by atoms with Crippen molar-refractivity contribution in [1.82, 2.24) is 15.5 Å². The highest BCUT2D eigenvalue weighted by molar-refractivity contribution is 5.94. The summed E-state index contributed by atoms with van der Waals surface area (Å²) in [5, 5.41) is 6.16. The normalized spacial score (nSPS) is 15.9. The number of nitrogens with zero attached hydrogens (tertiary/aromatic N) is 1. The van der Waals surface area contributed by atoms with E-state index in [4.69, 9.17) is 0 Å². The zero-order valence-corrected chi connectivity index (χ0v) is 15.9. The number of aryl methyl sites for hydroxylation is 1. The Bertz CT molecular complexity index is 783. The SMILES string of the molecule is Cc1ccccc1[C@H](C)NC(=O)N1CCC(NC(=O)c2ccccc2)CC1. The van der Waals surface area contributed by atoms with Crippen molar-refractivity contribution in [2.24, 2.45) is 0 Å². The fourth-order valence-electron chi connectivity index (χ4n) is 3.51. The zero-order chi connectivity index (χ0) is 19.2. The molecule has 2 aromatic carbocycles. The van der Waals surface area contributed by atoms with Crippen molar-refractivity contribution >= 4 is 11.9 Å². The molecule has 1 aliphatic rings. The molecule has 1 heterocycles. The van der Waals surface area contributed by atoms with E-state index >= 15 is 0 Å². The third-order valence-corrected chi connectivity index (χ3v) is 5.15. The van der Waals surface area contributed by atoms with Crippen LogP contribution in [0.5, 0.6) is 0 Å². The first-order chi connectivity index (χ1) is 13.0. The highest BCUT2D eigenvalue weighted by atomic mass is 16.2. The fraction of sp³-hybridized carbons (Fsp3) is 0.364. The Morgan fingerprint density at radius 1 is 1.00 bits per heavy atom. The van der Waals surface area contributed by atoms with Gasteiger partial charge in [0, 0.05) is 24.7 Å². The number of amides is 3. The second-order valence-corrected chi connectivity index (χ2v) is 7.13. The van der Waals surface area contributed by atoms with Gasteiger partial charge in [0.1, 0.15) is 0 Å². The Hall–Kier alpha value is -2.82. The Morgan fingerprint density at radius 2 is 1.63 bits per heavy atom. The van der Waals surface area contributed by atoms with E-state index in [1.54, 1.807) is 0 Å². The summed E-state index contributed by atoms with van der Waals surface area (Å²) in [5.41, 5.74) is 2.98. The Morgan fingerprint density at radius 3 is 2.30 bits per heavy atom. The van der Waals surface area contributed by atoms with Gasteiger partial charge in [0.2, 0.25) is 0 Å². The zero-order valence-electron chi connectivity index (χ0n) is 15.9. The van der Waals surface area contributed by atoms with Gasteiger partial charge < -0.3 is 15.5 Å². The molecule has 0 aliphatic carbocycles. The van der Waals surface area contributed by atoms with E-state index < -0.39 is 0 Å². The molecule has 1 saturated heterocycles. The number of hydrogen-bond donors (Lipinski definition) is 2. The lowest BCUT2D eigenvalue weighted by Crippen LogP contribution is -2.49. The van der Waals surface area contributed by atoms with Gasteiger partial charge in [-0.25, -0.2) is 4.79 Å². The van der Waals surface area contributed by atoms with Crippen LogP contribution in [0.2, 0.25) is 0 Å². The maximum absolute atomic E-state index is 12.6. The molecule has 0 bridgehead atoms. The van der Waals surface area contributed by atoms with Crippen LogP contribution in [0, 0.1) is 6.92 Å². The minimum atomic E-state index is -0.0494. The van der Waals surface area contributed by atoms with E-state index in [2.05, 4.69) is 23.6 Å². The van der Waals surface area contributed by atoms with Crippen LogP contribution in [0.3, 0.4) is 0 Å². The molecule has 1 fully saturated rings. The number of nitrogens with one attached hydrogen (secondary N) is 2. The summed E-state index contributed by atoms with van der Waals surface area (Å²) < 4.78 is 0. The highest BCUT2D eigenvalue weighted by Gasteiger charge is 2.25. The number of carbonyl (C=O) groups excluding carboxylic acids is 2. The van der Waals surface area contributed by atoms with Crippen molar-refractivity contribution in [2.75, 3.05) is 13.1 Å². The first-order valence-corrected chi connectivity index (χ1v) is 9.51. The summed E-state index contributed by atoms with van der Waals surface area (Å²) in [6.45, 7) is 5.35. The molecule has 0 radical (unpaired) electrons. The monoisotopic (exact) mass is 365 g/mol. The molecule has 2 aromatic rings. The van der Waals surface area contributed by atoms with Crippen LogP contribution in [0.1, 0.15) is 47.3 Å². The number of rotatable bonds is 4. The summed E-state index contributed by atoms with van der Waals surface area (Å²) in [6.07, 6.45) is 1.54. The molecule has 142 valence electrons. The smallest absolute Gasteiger partial charge is 0.317 e. The topological polar surface area (TPSA) is 61.4 Å². The van der Waals surface area contributed by atoms with Gasteiger partial charge >= 0.3 is 6.03 Å². The molecule has 2 N–H and O–H groups in total. The van der Waals surface area contributed by atoms with Crippen molar-refractivity contribution in [1.29, 1.82) is 0 Å². The number of carbonyl (C=O) groups is 2. The largest absolute Gasteiger partial charge is 0.349 e. The van der Waals surface area contributed by atoms with Crippen LogP contribution in [0.15, 0.2) is 54.6 Å². The van der Waals surface area contributed by atoms with Gasteiger partial charge in [0.15, 0.2) is 0 Å². The quantitative estimate of drug-likeness (QED) is 0.869. The minimum Gasteiger partial charge on any atom is -0.349 e. The first kappa shape index (κ1) is 19.0. The first-order valence-electron chi connectivity index (χ1n) is 9.51. The third kappa shape index (κ3) is 4.88. The highest BCUT2D eigenvalue weighted by Crippen LogP contribution is 2.18. The molecule has 5 heteroatoms. The second kappa shape index (κ2) is 8.71. The lowest BCUT2D eigenvalue weighted by Gasteiger charge is -2.33. The van der Waals surface area contributed by atoms with Crippen molar-refractivity contribution in [3.8, 4) is 0 Å². The van der Waals surface area contributed by atoms with Gasteiger partial charge in [0.25, 0.3) is 5.91 Å². The van der Waals surface area contributed by atoms with E-state index in [0.29, 0.717) is 18.7 Å². The minimum absolute atomic E-state index is 0.0331. The van der Waals surface area contributed by atoms with Gasteiger partial charge in [-0.3, -0.25) is 4.79 Å². The maximum atomic E-state index is 12.6. The predicted molar refractivity (Wildman–Crippen MR) is 107 cm³/mol. The van der Waals surface area contributed by atoms with Crippen molar-refractivity contribution in [3.05, 3.63) is 71.3 Å². The molecule has 27 heavy (non-hydrogen) atoms. The molecular formula is C22H27N3O2. The van der Waals surface area contributed by atoms with Gasteiger partial charge in [-0.15, -0.1) is 0 Å². The third-order valence-electron chi connectivity index (χ3n) is 5.15. The van der Waals surface area contributed by atoms with Crippen LogP contribution >= 0.6 is 0 Å². The molecule has 3 rings (SSSR count). The van der Waals surface area contributed by atoms with Crippen LogP contribution < -0.4 is 10.6 Å². The standard InChI is InChI=1S/C22H27N3O2/c1-16-8-6-7-11-20(16)17(2)23-22(27)25-14-12-19(13-15-25)24-21(26)18-9-4-3-5-10-18/h3-11,17,19H,12-15H2,1-2H3,(H,23,27)(H,24,26)/t17-/m0/s1. The summed E-state index contributed by atoms with van der Waals surface area (Å²) in [6, 6.07) is 17.4. The van der Waals surface area contributed by atoms with Crippen molar-refractivity contribution in [2.45, 2.75) is 38.8 Å². The van der Waals surface area contributed by atoms with Gasteiger partial charge in [-0.1, -0.05) is 42.5 Å². The average Bonchev–Trinajstić information content (AvgIpc) is 2.69. The lowest BCUT2D eigenvalue weighted by molar-refractivity contribution is 0.0917. The van der Waals surface area contributed by atoms with Crippen molar-refractivity contribution < 1.29 is 9.59 Å². The molecule has 0 spiro atoms. The molecule has 5 nitrogen and oxygen atoms in total. The van der Waals surface area contributed by atoms with Gasteiger partial charge in [-0.2, -0.15) is 0 Å². The van der Waals surface area contributed by atoms with Gasteiger partial charge in [-0.05, 0) is 49.9 Å². The lowest BCUT2D eigenvalue weighted by atomic mass is 10.0. The second-order valence-electron chi connectivity index (χ2n) is 7.13. The average molecular weight is 365 g/mol. The Labute approximate surface area is 160 Å². The predicted octanol–water partition coefficient (Wildman–Crippen LogP) is 3.66. The molecule has 1 atom stereocenters. The van der Waals surface area contributed by atoms with E-state index in [-0.39, 0.29) is 24.0 Å². The number of hydrogen-bond acceptors (Lipinski definition) is 2. The van der Waals surface area contributed by atoms with Crippen LogP contribution in [-0.2, 0) is 0 Å². The Balaban J connectivity index is 1.48. The van der Waals surface area contributed by atoms with Gasteiger partial charge in [0.05, 0.1) is 6.04 Å². The number of benzene rings is 2. The summed E-state index contributed by atoms with van der Waals surface area (Å²) in [4.78, 5) is 26.7. The Kier molecular flexibility index (Phi) is 6.12. The van der Waals surface area contributed by atoms with Crippen LogP contribution in [0.25, 0.3) is 0 Å². The molecule has 0 unspecified atom stereocenters. The summed E-state index contributed by atoms with van der Waals surface area (Å²) >= 11 is 0. The fourth-order valence-corrected chi connectivity index (χ4v) is 3.51. The van der Waals surface area contributed by atoms with Crippen LogP contribution in [-0.4, -0.2) is 36.0 Å². The maximum Gasteiger partial charge on any atom is 0.317 e. The van der Waals surface area contributed by atoms with Crippen LogP contribution in [0.4, 0.5) is 4.79 Å². The number of likely N-dealkylation sites (tertiary alicyclic amines) is 1. The van der Waals surface area contributed by atoms with Crippen molar-refractivity contribution in [3.63, 3.8) is 0 Å². The van der Waals surface area contributed by atoms with E-state index in [1.807, 2.05) is 60.4 Å². The van der Waals surface area contributed by atoms with E-state index in [9.17, 15) is 9.59 Å². The van der Waals surface area contributed by atoms with E-state index in [0.717, 1.165) is 18.4 Å². The molecule has 1 aliphatic heterocycles. The molecule has 3 amide bonds. The number of urea groups is 1. The molecular weight excluding hydrogens is 338 g/mol. The number of piperidine rings is 1. The van der Waals surface area contributed by atoms with E-state index in [1.165, 1.54) is 5.56 Å². The molecule has 0 aromatic heterocycles. The summed E-state index contributed by atoms with van der Waals surface area (Å²) in [7, 11) is 0. The summed E-state index contributed by atoms with van der Waals surface area (Å²) in [5.74, 6) is -0.0494.